The van der Waals surface area contributed by atoms with E-state index in [0.29, 0.717) is 5.69 Å². The van der Waals surface area contributed by atoms with Gasteiger partial charge in [0, 0.05) is 5.69 Å². The van der Waals surface area contributed by atoms with Crippen LogP contribution in [0.2, 0.25) is 0 Å². The van der Waals surface area contributed by atoms with Crippen LogP contribution in [0.1, 0.15) is 17.2 Å². The van der Waals surface area contributed by atoms with E-state index in [1.807, 2.05) is 0 Å². The summed E-state index contributed by atoms with van der Waals surface area (Å²) >= 11 is 0. The Morgan fingerprint density at radius 3 is 2.29 bits per heavy atom. The molecule has 0 amide bonds. The van der Waals surface area contributed by atoms with Crippen LogP contribution in [0, 0.1) is 0 Å². The van der Waals surface area contributed by atoms with E-state index in [1.54, 1.807) is 30.3 Å². The number of hydrogen-bond donors (Lipinski definition) is 2. The lowest BCUT2D eigenvalue weighted by atomic mass is 10.0. The second-order valence-corrected chi connectivity index (χ2v) is 4.40. The molecule has 0 saturated heterocycles. The third-order valence-electron chi connectivity index (χ3n) is 2.88. The summed E-state index contributed by atoms with van der Waals surface area (Å²) in [6, 6.07) is 11.5. The minimum atomic E-state index is -4.51. The Labute approximate surface area is 119 Å². The van der Waals surface area contributed by atoms with Crippen LogP contribution in [-0.2, 0) is 11.0 Å². The van der Waals surface area contributed by atoms with E-state index >= 15 is 0 Å². The summed E-state index contributed by atoms with van der Waals surface area (Å²) in [5, 5.41) is 11.9. The van der Waals surface area contributed by atoms with Gasteiger partial charge < -0.3 is 10.4 Å². The van der Waals surface area contributed by atoms with Gasteiger partial charge in [0.2, 0.25) is 0 Å². The summed E-state index contributed by atoms with van der Waals surface area (Å²) in [4.78, 5) is 11.3. The molecule has 2 N–H and O–H groups in total. The number of aliphatic carboxylic acids is 1. The van der Waals surface area contributed by atoms with Gasteiger partial charge in [0.25, 0.3) is 0 Å². The van der Waals surface area contributed by atoms with Crippen molar-refractivity contribution in [3.63, 3.8) is 0 Å². The molecule has 2 rings (SSSR count). The van der Waals surface area contributed by atoms with Crippen molar-refractivity contribution in [2.45, 2.75) is 12.2 Å². The van der Waals surface area contributed by atoms with E-state index in [2.05, 4.69) is 5.32 Å². The first kappa shape index (κ1) is 14.9. The van der Waals surface area contributed by atoms with Gasteiger partial charge >= 0.3 is 12.1 Å². The summed E-state index contributed by atoms with van der Waals surface area (Å²) in [6.07, 6.45) is -4.51. The van der Waals surface area contributed by atoms with Gasteiger partial charge in [-0.3, -0.25) is 0 Å². The van der Waals surface area contributed by atoms with E-state index in [-0.39, 0.29) is 5.56 Å². The monoisotopic (exact) mass is 295 g/mol. The van der Waals surface area contributed by atoms with E-state index in [4.69, 9.17) is 0 Å². The van der Waals surface area contributed by atoms with Gasteiger partial charge in [0.1, 0.15) is 0 Å². The normalized spacial score (nSPS) is 12.7. The Morgan fingerprint density at radius 1 is 1.05 bits per heavy atom. The van der Waals surface area contributed by atoms with Crippen LogP contribution >= 0.6 is 0 Å². The summed E-state index contributed by atoms with van der Waals surface area (Å²) in [5.41, 5.74) is -0.315. The van der Waals surface area contributed by atoms with Crippen LogP contribution in [-0.4, -0.2) is 11.1 Å². The number of carbonyl (C=O) groups is 1. The highest BCUT2D eigenvalue weighted by atomic mass is 19.4. The quantitative estimate of drug-likeness (QED) is 0.898. The van der Waals surface area contributed by atoms with Crippen LogP contribution in [0.3, 0.4) is 0 Å². The molecule has 2 aromatic carbocycles. The maximum atomic E-state index is 12.7. The van der Waals surface area contributed by atoms with E-state index < -0.39 is 23.8 Å². The molecule has 1 unspecified atom stereocenters. The average Bonchev–Trinajstić information content (AvgIpc) is 2.45. The molecule has 0 aliphatic heterocycles. The zero-order valence-corrected chi connectivity index (χ0v) is 10.8. The van der Waals surface area contributed by atoms with Gasteiger partial charge in [0.05, 0.1) is 5.56 Å². The minimum absolute atomic E-state index is 0.0428. The Hall–Kier alpha value is -2.50. The molecule has 0 fully saturated rings. The minimum Gasteiger partial charge on any atom is -0.479 e. The molecule has 0 aromatic heterocycles. The zero-order chi connectivity index (χ0) is 15.5. The highest BCUT2D eigenvalue weighted by Crippen LogP contribution is 2.31. The number of anilines is 1. The number of hydrogen-bond acceptors (Lipinski definition) is 2. The summed E-state index contributed by atoms with van der Waals surface area (Å²) in [6.45, 7) is 0. The molecule has 0 aliphatic rings. The first-order chi connectivity index (χ1) is 9.88. The Morgan fingerprint density at radius 2 is 1.71 bits per heavy atom. The van der Waals surface area contributed by atoms with Crippen LogP contribution in [0.25, 0.3) is 0 Å². The molecule has 0 radical (unpaired) electrons. The standard InChI is InChI=1S/C15H12F3NO2/c16-15(17,18)11-6-4-5-10(9-11)13(14(20)21)19-12-7-2-1-3-8-12/h1-9,13,19H,(H,20,21). The molecule has 110 valence electrons. The van der Waals surface area contributed by atoms with Crippen molar-refractivity contribution in [1.82, 2.24) is 0 Å². The van der Waals surface area contributed by atoms with Crippen LogP contribution in [0.4, 0.5) is 18.9 Å². The fraction of sp³-hybridized carbons (Fsp3) is 0.133. The molecule has 2 aromatic rings. The van der Waals surface area contributed by atoms with Crippen LogP contribution in [0.5, 0.6) is 0 Å². The van der Waals surface area contributed by atoms with Crippen molar-refractivity contribution in [1.29, 1.82) is 0 Å². The van der Waals surface area contributed by atoms with Crippen molar-refractivity contribution in [3.05, 3.63) is 65.7 Å². The molecular formula is C15H12F3NO2. The second kappa shape index (κ2) is 5.87. The molecule has 0 saturated carbocycles. The number of nitrogens with one attached hydrogen (secondary N) is 1. The zero-order valence-electron chi connectivity index (χ0n) is 10.8. The topological polar surface area (TPSA) is 49.3 Å². The molecule has 0 spiro atoms. The predicted octanol–water partition coefficient (Wildman–Crippen LogP) is 3.94. The van der Waals surface area contributed by atoms with E-state index in [9.17, 15) is 23.1 Å². The lowest BCUT2D eigenvalue weighted by molar-refractivity contribution is -0.139. The number of carboxylic acids is 1. The first-order valence-electron chi connectivity index (χ1n) is 6.09. The smallest absolute Gasteiger partial charge is 0.416 e. The maximum absolute atomic E-state index is 12.7. The molecule has 0 heterocycles. The summed E-state index contributed by atoms with van der Waals surface area (Å²) < 4.78 is 38.1. The van der Waals surface area contributed by atoms with Gasteiger partial charge in [-0.05, 0) is 29.8 Å². The Bertz CT molecular complexity index is 626. The maximum Gasteiger partial charge on any atom is 0.416 e. The molecule has 21 heavy (non-hydrogen) atoms. The van der Waals surface area contributed by atoms with Crippen LogP contribution in [0.15, 0.2) is 54.6 Å². The molecule has 3 nitrogen and oxygen atoms in total. The molecule has 6 heteroatoms. The summed E-state index contributed by atoms with van der Waals surface area (Å²) in [7, 11) is 0. The third kappa shape index (κ3) is 3.75. The van der Waals surface area contributed by atoms with Crippen molar-refractivity contribution >= 4 is 11.7 Å². The number of rotatable bonds is 4. The highest BCUT2D eigenvalue weighted by Gasteiger charge is 2.31. The number of para-hydroxylation sites is 1. The third-order valence-corrected chi connectivity index (χ3v) is 2.88. The Kier molecular flexibility index (Phi) is 4.16. The fourth-order valence-corrected chi connectivity index (χ4v) is 1.88. The van der Waals surface area contributed by atoms with Gasteiger partial charge in [-0.15, -0.1) is 0 Å². The van der Waals surface area contributed by atoms with Gasteiger partial charge in [-0.25, -0.2) is 4.79 Å². The fourth-order valence-electron chi connectivity index (χ4n) is 1.88. The van der Waals surface area contributed by atoms with Gasteiger partial charge in [0.15, 0.2) is 6.04 Å². The molecular weight excluding hydrogens is 283 g/mol. The van der Waals surface area contributed by atoms with Crippen molar-refractivity contribution in [3.8, 4) is 0 Å². The number of carboxylic acid groups (broad SMARTS) is 1. The average molecular weight is 295 g/mol. The van der Waals surface area contributed by atoms with Crippen LogP contribution < -0.4 is 5.32 Å². The van der Waals surface area contributed by atoms with Crippen molar-refractivity contribution < 1.29 is 23.1 Å². The Balaban J connectivity index is 2.33. The van der Waals surface area contributed by atoms with Gasteiger partial charge in [-0.1, -0.05) is 30.3 Å². The lowest BCUT2D eigenvalue weighted by Crippen LogP contribution is -2.21. The largest absolute Gasteiger partial charge is 0.479 e. The number of halogens is 3. The van der Waals surface area contributed by atoms with Crippen molar-refractivity contribution in [2.24, 2.45) is 0 Å². The molecule has 1 atom stereocenters. The highest BCUT2D eigenvalue weighted by molar-refractivity contribution is 5.79. The number of benzene rings is 2. The number of alkyl halides is 3. The van der Waals surface area contributed by atoms with E-state index in [0.717, 1.165) is 12.1 Å². The van der Waals surface area contributed by atoms with E-state index in [1.165, 1.54) is 12.1 Å². The lowest BCUT2D eigenvalue weighted by Gasteiger charge is -2.17. The predicted molar refractivity (Wildman–Crippen MR) is 71.9 cm³/mol. The second-order valence-electron chi connectivity index (χ2n) is 4.40. The SMILES string of the molecule is O=C(O)C(Nc1ccccc1)c1cccc(C(F)(F)F)c1. The molecule has 0 bridgehead atoms. The molecule has 0 aliphatic carbocycles. The first-order valence-corrected chi connectivity index (χ1v) is 6.09. The van der Waals surface area contributed by atoms with Gasteiger partial charge in [-0.2, -0.15) is 13.2 Å². The summed E-state index contributed by atoms with van der Waals surface area (Å²) in [5.74, 6) is -1.25. The van der Waals surface area contributed by atoms with Crippen molar-refractivity contribution in [2.75, 3.05) is 5.32 Å².